The number of hydrogen-bond donors (Lipinski definition) is 7. The summed E-state index contributed by atoms with van der Waals surface area (Å²) in [5.41, 5.74) is 0.974. The molecule has 0 aliphatic rings. The number of Topliss-reactive ketones (excluding diaryl/α,β-unsaturated/α-hetero) is 1. The number of aromatic hydroxyl groups is 4. The van der Waals surface area contributed by atoms with Gasteiger partial charge in [-0.2, -0.15) is 0 Å². The van der Waals surface area contributed by atoms with Gasteiger partial charge in [0.1, 0.15) is 25.0 Å². The molecule has 0 bridgehead atoms. The van der Waals surface area contributed by atoms with Gasteiger partial charge in [0.05, 0.1) is 32.3 Å². The van der Waals surface area contributed by atoms with Crippen molar-refractivity contribution in [2.45, 2.75) is 181 Å². The van der Waals surface area contributed by atoms with Crippen molar-refractivity contribution >= 4 is 47.8 Å². The largest absolute Gasteiger partial charge is 0.504 e. The molecular weight excluding hydrogens is 1030 g/mol. The normalized spacial score (nSPS) is 11.8. The second-order valence-electron chi connectivity index (χ2n) is 19.7. The van der Waals surface area contributed by atoms with Crippen LogP contribution < -0.4 is 16.0 Å². The van der Waals surface area contributed by atoms with Gasteiger partial charge < -0.3 is 64.8 Å². The Morgan fingerprint density at radius 2 is 1.01 bits per heavy atom. The molecule has 2 atom stereocenters. The predicted octanol–water partition coefficient (Wildman–Crippen LogP) is 8.85. The topological polar surface area (TPSA) is 309 Å². The molecule has 2 aromatic carbocycles. The number of amides is 3. The third-order valence-electron chi connectivity index (χ3n) is 13.4. The van der Waals surface area contributed by atoms with Crippen LogP contribution in [-0.4, -0.2) is 127 Å². The van der Waals surface area contributed by atoms with E-state index in [1.54, 1.807) is 26.0 Å². The second-order valence-corrected chi connectivity index (χ2v) is 19.7. The summed E-state index contributed by atoms with van der Waals surface area (Å²) in [6, 6.07) is 7.47. The van der Waals surface area contributed by atoms with Crippen LogP contribution >= 0.6 is 0 Å². The Morgan fingerprint density at radius 1 is 0.494 bits per heavy atom. The Bertz CT molecular complexity index is 2020. The summed E-state index contributed by atoms with van der Waals surface area (Å²) in [7, 11) is 0. The molecule has 0 heterocycles. The quantitative estimate of drug-likeness (QED) is 0.0141. The van der Waals surface area contributed by atoms with Gasteiger partial charge in [0, 0.05) is 50.6 Å². The highest BCUT2D eigenvalue weighted by Crippen LogP contribution is 2.29. The monoisotopic (exact) mass is 1120 g/mol. The molecular formula is C58H89N3O18. The average Bonchev–Trinajstić information content (AvgIpc) is 3.42. The number of urea groups is 1. The number of carbonyl (C=O) groups excluding carboxylic acids is 8. The fourth-order valence-electron chi connectivity index (χ4n) is 8.28. The van der Waals surface area contributed by atoms with Gasteiger partial charge in [-0.05, 0) is 152 Å². The Kier molecular flexibility index (Phi) is 34.9. The van der Waals surface area contributed by atoms with Crippen molar-refractivity contribution in [2.24, 2.45) is 11.3 Å². The summed E-state index contributed by atoms with van der Waals surface area (Å²) >= 11 is 0. The number of unbranched alkanes of at least 4 members (excludes halogenated alkanes) is 7. The van der Waals surface area contributed by atoms with Crippen LogP contribution in [0.5, 0.6) is 23.0 Å². The zero-order chi connectivity index (χ0) is 58.3. The molecule has 0 fully saturated rings. The first-order chi connectivity index (χ1) is 37.9. The van der Waals surface area contributed by atoms with Gasteiger partial charge in [0.2, 0.25) is 0 Å². The molecule has 0 aliphatic carbocycles. The number of alkyl carbamates (subject to hydrolysis) is 1. The third kappa shape index (κ3) is 30.8. The first-order valence-electron chi connectivity index (χ1n) is 28.2. The van der Waals surface area contributed by atoms with Crippen LogP contribution in [0.15, 0.2) is 36.4 Å². The number of esters is 5. The molecule has 3 amide bonds. The van der Waals surface area contributed by atoms with Crippen molar-refractivity contribution in [1.82, 2.24) is 16.0 Å². The number of nitrogens with one attached hydrogen (secondary N) is 3. The smallest absolute Gasteiger partial charge is 0.407 e. The van der Waals surface area contributed by atoms with E-state index in [0.29, 0.717) is 115 Å². The predicted molar refractivity (Wildman–Crippen MR) is 292 cm³/mol. The van der Waals surface area contributed by atoms with Gasteiger partial charge in [0.25, 0.3) is 0 Å². The van der Waals surface area contributed by atoms with Crippen LogP contribution in [0.25, 0.3) is 0 Å². The van der Waals surface area contributed by atoms with Crippen molar-refractivity contribution in [2.75, 3.05) is 52.7 Å². The molecule has 0 radical (unpaired) electrons. The lowest BCUT2D eigenvalue weighted by atomic mass is 9.84. The highest BCUT2D eigenvalue weighted by atomic mass is 16.6. The van der Waals surface area contributed by atoms with Gasteiger partial charge >= 0.3 is 42.0 Å². The van der Waals surface area contributed by atoms with Gasteiger partial charge in [0.15, 0.2) is 23.0 Å². The molecule has 0 spiro atoms. The molecule has 0 aromatic heterocycles. The first kappa shape index (κ1) is 68.3. The molecule has 21 nitrogen and oxygen atoms in total. The lowest BCUT2D eigenvalue weighted by Gasteiger charge is -2.30. The van der Waals surface area contributed by atoms with Crippen molar-refractivity contribution in [3.63, 3.8) is 0 Å². The summed E-state index contributed by atoms with van der Waals surface area (Å²) in [5, 5.41) is 46.2. The fraction of sp³-hybridized carbons (Fsp3) is 0.655. The van der Waals surface area contributed by atoms with E-state index in [0.717, 1.165) is 5.56 Å². The minimum Gasteiger partial charge on any atom is -0.504 e. The maximum atomic E-state index is 12.7. The summed E-state index contributed by atoms with van der Waals surface area (Å²) in [5.74, 6) is -3.54. The van der Waals surface area contributed by atoms with E-state index in [-0.39, 0.29) is 138 Å². The number of aryl methyl sites for hydroxylation is 1. The molecule has 0 aliphatic heterocycles. The number of benzene rings is 2. The van der Waals surface area contributed by atoms with E-state index in [9.17, 15) is 58.8 Å². The highest BCUT2D eigenvalue weighted by molar-refractivity contribution is 5.85. The summed E-state index contributed by atoms with van der Waals surface area (Å²) in [6.07, 6.45) is 10.3. The maximum absolute atomic E-state index is 12.7. The Morgan fingerprint density at radius 3 is 1.57 bits per heavy atom. The molecule has 2 rings (SSSR count). The molecule has 2 unspecified atom stereocenters. The highest BCUT2D eigenvalue weighted by Gasteiger charge is 2.30. The van der Waals surface area contributed by atoms with Crippen molar-refractivity contribution in [3.8, 4) is 23.0 Å². The lowest BCUT2D eigenvalue weighted by molar-refractivity contribution is -0.155. The molecule has 0 saturated carbocycles. The first-order valence-corrected chi connectivity index (χ1v) is 28.2. The van der Waals surface area contributed by atoms with E-state index in [1.807, 2.05) is 13.8 Å². The van der Waals surface area contributed by atoms with Crippen LogP contribution in [-0.2, 0) is 70.0 Å². The zero-order valence-electron chi connectivity index (χ0n) is 47.0. The van der Waals surface area contributed by atoms with Crippen LogP contribution in [0.2, 0.25) is 0 Å². The van der Waals surface area contributed by atoms with Crippen LogP contribution in [0.3, 0.4) is 0 Å². The van der Waals surface area contributed by atoms with Crippen LogP contribution in [0.1, 0.15) is 174 Å². The zero-order valence-corrected chi connectivity index (χ0v) is 47.0. The Hall–Kier alpha value is -6.80. The number of phenols is 4. The molecule has 2 aromatic rings. The molecule has 79 heavy (non-hydrogen) atoms. The molecule has 7 N–H and O–H groups in total. The van der Waals surface area contributed by atoms with Crippen molar-refractivity contribution in [1.29, 1.82) is 0 Å². The number of ketones is 1. The molecule has 444 valence electrons. The number of rotatable bonds is 43. The van der Waals surface area contributed by atoms with Gasteiger partial charge in [-0.15, -0.1) is 0 Å². The van der Waals surface area contributed by atoms with E-state index in [4.69, 9.17) is 28.4 Å². The Labute approximate surface area is 465 Å². The summed E-state index contributed by atoms with van der Waals surface area (Å²) < 4.78 is 32.1. The lowest BCUT2D eigenvalue weighted by Crippen LogP contribution is -2.47. The van der Waals surface area contributed by atoms with E-state index in [1.165, 1.54) is 24.3 Å². The SMILES string of the molecule is CCOC(=O)C(CCCCCC(=O)OCCCCCC(=O)OCC(CC)(CC)COC(=O)CCCCCOC(=O)NCCCCC(NC(=O)NCCc1ccc(O)c(O)c1)C(=O)OCC)CC(=O)CCCc1ccc(O)c(O)c1. The summed E-state index contributed by atoms with van der Waals surface area (Å²) in [6.45, 7) is 8.77. The van der Waals surface area contributed by atoms with Crippen molar-refractivity contribution < 1.29 is 87.2 Å². The van der Waals surface area contributed by atoms with E-state index in [2.05, 4.69) is 16.0 Å². The number of hydrogen-bond acceptors (Lipinski definition) is 18. The van der Waals surface area contributed by atoms with E-state index >= 15 is 0 Å². The maximum Gasteiger partial charge on any atom is 0.407 e. The standard InChI is InChI=1S/C58H89N3O18/c1-5-58(6-2,40-78-52(68)26-14-10-18-35-76-51(67)25-13-9-12-22-44(54(70)74-7-3)39-45(62)23-20-21-42-28-30-47(63)49(65)37-42)41-79-53(69)27-15-11-19-36-77-57(73)60-33-17-16-24-46(55(71)75-8-4)61-56(72)59-34-32-43-29-31-48(64)50(66)38-43/h28-31,37-38,44,46,63-66H,5-27,32-36,39-41H2,1-4H3,(H,60,73)(H2,59,61,72). The van der Waals surface area contributed by atoms with Crippen LogP contribution in [0, 0.1) is 11.3 Å². The third-order valence-corrected chi connectivity index (χ3v) is 13.4. The van der Waals surface area contributed by atoms with Crippen molar-refractivity contribution in [3.05, 3.63) is 47.5 Å². The number of carbonyl (C=O) groups is 8. The van der Waals surface area contributed by atoms with Gasteiger partial charge in [-0.1, -0.05) is 38.8 Å². The fourth-order valence-corrected chi connectivity index (χ4v) is 8.28. The van der Waals surface area contributed by atoms with Gasteiger partial charge in [-0.3, -0.25) is 24.0 Å². The minimum absolute atomic E-state index is 0.0511. The minimum atomic E-state index is -0.894. The van der Waals surface area contributed by atoms with Gasteiger partial charge in [-0.25, -0.2) is 14.4 Å². The average molecular weight is 1120 g/mol. The molecule has 21 heteroatoms. The summed E-state index contributed by atoms with van der Waals surface area (Å²) in [4.78, 5) is 99.9. The van der Waals surface area contributed by atoms with E-state index < -0.39 is 41.4 Å². The number of phenolic OH excluding ortho intramolecular Hbond substituents is 4. The number of ether oxygens (including phenoxy) is 6. The Balaban J connectivity index is 1.51. The second kappa shape index (κ2) is 40.4. The molecule has 0 saturated heterocycles. The van der Waals surface area contributed by atoms with Crippen LogP contribution in [0.4, 0.5) is 9.59 Å².